The van der Waals surface area contributed by atoms with E-state index in [0.29, 0.717) is 32.6 Å². The van der Waals surface area contributed by atoms with Crippen LogP contribution in [0.3, 0.4) is 0 Å². The Morgan fingerprint density at radius 1 is 0.909 bits per heavy atom. The van der Waals surface area contributed by atoms with Crippen molar-refractivity contribution in [2.75, 3.05) is 39.3 Å². The molecule has 0 atom stereocenters. The minimum atomic E-state index is -0.280. The van der Waals surface area contributed by atoms with Gasteiger partial charge < -0.3 is 9.80 Å². The molecule has 0 unspecified atom stereocenters. The number of thiophene rings is 1. The average molecular weight is 466 g/mol. The van der Waals surface area contributed by atoms with Gasteiger partial charge in [0, 0.05) is 56.3 Å². The molecule has 0 aliphatic carbocycles. The van der Waals surface area contributed by atoms with Crippen LogP contribution >= 0.6 is 11.3 Å². The zero-order chi connectivity index (χ0) is 23.0. The zero-order valence-electron chi connectivity index (χ0n) is 18.5. The second kappa shape index (κ2) is 11.2. The summed E-state index contributed by atoms with van der Waals surface area (Å²) in [6.07, 6.45) is 0.373. The molecule has 2 heterocycles. The molecule has 2 amide bonds. The third-order valence-corrected chi connectivity index (χ3v) is 6.79. The molecule has 1 aromatic heterocycles. The highest BCUT2D eigenvalue weighted by molar-refractivity contribution is 7.10. The summed E-state index contributed by atoms with van der Waals surface area (Å²) >= 11 is 1.58. The fourth-order valence-corrected chi connectivity index (χ4v) is 4.67. The van der Waals surface area contributed by atoms with Gasteiger partial charge >= 0.3 is 0 Å². The highest BCUT2D eigenvalue weighted by Crippen LogP contribution is 2.14. The summed E-state index contributed by atoms with van der Waals surface area (Å²) < 4.78 is 13.3. The van der Waals surface area contributed by atoms with E-state index in [1.807, 2.05) is 57.6 Å². The minimum Gasteiger partial charge on any atom is -0.337 e. The van der Waals surface area contributed by atoms with Gasteiger partial charge in [0.1, 0.15) is 5.82 Å². The van der Waals surface area contributed by atoms with Gasteiger partial charge in [0.05, 0.1) is 6.42 Å². The van der Waals surface area contributed by atoms with Gasteiger partial charge in [-0.2, -0.15) is 0 Å². The van der Waals surface area contributed by atoms with Crippen LogP contribution in [0.15, 0.2) is 72.1 Å². The SMILES string of the molecule is O=C(Cc1cccs1)N(CCN1CCN(C(=O)c2ccccc2)CC1)Cc1ccc(F)cc1. The molecule has 4 rings (SSSR count). The van der Waals surface area contributed by atoms with Gasteiger partial charge in [-0.1, -0.05) is 36.4 Å². The molecule has 5 nitrogen and oxygen atoms in total. The van der Waals surface area contributed by atoms with E-state index in [0.717, 1.165) is 35.6 Å². The second-order valence-corrected chi connectivity index (χ2v) is 9.23. The molecule has 1 fully saturated rings. The van der Waals surface area contributed by atoms with Crippen LogP contribution in [0.1, 0.15) is 20.8 Å². The topological polar surface area (TPSA) is 43.9 Å². The number of hydrogen-bond acceptors (Lipinski definition) is 4. The van der Waals surface area contributed by atoms with Gasteiger partial charge in [-0.25, -0.2) is 4.39 Å². The molecule has 1 aliphatic heterocycles. The Balaban J connectivity index is 1.33. The standard InChI is InChI=1S/C26H28FN3O2S/c27-23-10-8-21(9-11-23)20-30(25(31)19-24-7-4-18-33-24)17-14-28-12-15-29(16-13-28)26(32)22-5-2-1-3-6-22/h1-11,18H,12-17,19-20H2. The first-order chi connectivity index (χ1) is 16.1. The van der Waals surface area contributed by atoms with Crippen molar-refractivity contribution in [3.8, 4) is 0 Å². The fourth-order valence-electron chi connectivity index (χ4n) is 3.98. The molecule has 1 aliphatic rings. The maximum absolute atomic E-state index is 13.3. The monoisotopic (exact) mass is 465 g/mol. The van der Waals surface area contributed by atoms with E-state index < -0.39 is 0 Å². The van der Waals surface area contributed by atoms with E-state index in [1.165, 1.54) is 12.1 Å². The number of benzene rings is 2. The van der Waals surface area contributed by atoms with Gasteiger partial charge in [-0.05, 0) is 41.3 Å². The van der Waals surface area contributed by atoms with E-state index in [1.54, 1.807) is 23.5 Å². The van der Waals surface area contributed by atoms with E-state index in [4.69, 9.17) is 0 Å². The molecule has 0 bridgehead atoms. The lowest BCUT2D eigenvalue weighted by atomic mass is 10.1. The highest BCUT2D eigenvalue weighted by atomic mass is 32.1. The lowest BCUT2D eigenvalue weighted by Gasteiger charge is -2.36. The van der Waals surface area contributed by atoms with Crippen molar-refractivity contribution in [2.45, 2.75) is 13.0 Å². The third kappa shape index (κ3) is 6.49. The van der Waals surface area contributed by atoms with E-state index in [9.17, 15) is 14.0 Å². The fraction of sp³-hybridized carbons (Fsp3) is 0.308. The van der Waals surface area contributed by atoms with Crippen molar-refractivity contribution in [2.24, 2.45) is 0 Å². The number of hydrogen-bond donors (Lipinski definition) is 0. The number of carbonyl (C=O) groups excluding carboxylic acids is 2. The molecule has 33 heavy (non-hydrogen) atoms. The molecule has 0 saturated carbocycles. The molecular formula is C26H28FN3O2S. The number of nitrogens with zero attached hydrogens (tertiary/aromatic N) is 3. The van der Waals surface area contributed by atoms with E-state index in [2.05, 4.69) is 4.90 Å². The van der Waals surface area contributed by atoms with Crippen molar-refractivity contribution >= 4 is 23.2 Å². The first-order valence-corrected chi connectivity index (χ1v) is 12.1. The predicted octanol–water partition coefficient (Wildman–Crippen LogP) is 3.92. The lowest BCUT2D eigenvalue weighted by Crippen LogP contribution is -2.50. The Bertz CT molecular complexity index is 1030. The van der Waals surface area contributed by atoms with Crippen LogP contribution in [0, 0.1) is 5.82 Å². The number of piperazine rings is 1. The van der Waals surface area contributed by atoms with Crippen LogP contribution in [0.25, 0.3) is 0 Å². The van der Waals surface area contributed by atoms with Crippen LogP contribution in [-0.2, 0) is 17.8 Å². The summed E-state index contributed by atoms with van der Waals surface area (Å²) in [7, 11) is 0. The van der Waals surface area contributed by atoms with Gasteiger partial charge in [-0.3, -0.25) is 14.5 Å². The minimum absolute atomic E-state index is 0.0688. The van der Waals surface area contributed by atoms with Crippen LogP contribution in [0.4, 0.5) is 4.39 Å². The summed E-state index contributed by atoms with van der Waals surface area (Å²) in [6.45, 7) is 4.70. The van der Waals surface area contributed by atoms with Gasteiger partial charge in [-0.15, -0.1) is 11.3 Å². The van der Waals surface area contributed by atoms with Crippen molar-refractivity contribution < 1.29 is 14.0 Å². The van der Waals surface area contributed by atoms with E-state index >= 15 is 0 Å². The van der Waals surface area contributed by atoms with Crippen LogP contribution in [0.2, 0.25) is 0 Å². The second-order valence-electron chi connectivity index (χ2n) is 8.20. The number of halogens is 1. The number of rotatable bonds is 8. The highest BCUT2D eigenvalue weighted by Gasteiger charge is 2.23. The van der Waals surface area contributed by atoms with Crippen LogP contribution < -0.4 is 0 Å². The molecular weight excluding hydrogens is 437 g/mol. The molecule has 0 N–H and O–H groups in total. The first-order valence-electron chi connectivity index (χ1n) is 11.2. The summed E-state index contributed by atoms with van der Waals surface area (Å²) in [5.74, 6) is -0.142. The molecule has 172 valence electrons. The summed E-state index contributed by atoms with van der Waals surface area (Å²) in [6, 6.07) is 19.6. The van der Waals surface area contributed by atoms with Crippen LogP contribution in [0.5, 0.6) is 0 Å². The third-order valence-electron chi connectivity index (χ3n) is 5.91. The first kappa shape index (κ1) is 23.1. The molecule has 0 spiro atoms. The normalized spacial score (nSPS) is 14.3. The smallest absolute Gasteiger partial charge is 0.253 e. The van der Waals surface area contributed by atoms with E-state index in [-0.39, 0.29) is 17.6 Å². The Morgan fingerprint density at radius 2 is 1.64 bits per heavy atom. The molecule has 1 saturated heterocycles. The Kier molecular flexibility index (Phi) is 7.86. The Hall–Kier alpha value is -3.03. The van der Waals surface area contributed by atoms with Gasteiger partial charge in [0.15, 0.2) is 0 Å². The summed E-state index contributed by atoms with van der Waals surface area (Å²) in [4.78, 5) is 32.8. The van der Waals surface area contributed by atoms with Crippen molar-refractivity contribution in [3.63, 3.8) is 0 Å². The average Bonchev–Trinajstić information content (AvgIpc) is 3.36. The lowest BCUT2D eigenvalue weighted by molar-refractivity contribution is -0.131. The van der Waals surface area contributed by atoms with Crippen molar-refractivity contribution in [3.05, 3.63) is 93.9 Å². The predicted molar refractivity (Wildman–Crippen MR) is 129 cm³/mol. The quantitative estimate of drug-likeness (QED) is 0.507. The van der Waals surface area contributed by atoms with Gasteiger partial charge in [0.25, 0.3) is 5.91 Å². The van der Waals surface area contributed by atoms with Gasteiger partial charge in [0.2, 0.25) is 5.91 Å². The zero-order valence-corrected chi connectivity index (χ0v) is 19.3. The molecule has 7 heteroatoms. The molecule has 2 aromatic carbocycles. The maximum atomic E-state index is 13.3. The summed E-state index contributed by atoms with van der Waals surface area (Å²) in [5, 5.41) is 1.98. The number of carbonyl (C=O) groups is 2. The largest absolute Gasteiger partial charge is 0.337 e. The molecule has 3 aromatic rings. The van der Waals surface area contributed by atoms with Crippen molar-refractivity contribution in [1.82, 2.24) is 14.7 Å². The van der Waals surface area contributed by atoms with Crippen LogP contribution in [-0.4, -0.2) is 65.8 Å². The number of amides is 2. The van der Waals surface area contributed by atoms with Crippen molar-refractivity contribution in [1.29, 1.82) is 0 Å². The molecule has 0 radical (unpaired) electrons. The Morgan fingerprint density at radius 3 is 2.30 bits per heavy atom. The Labute approximate surface area is 198 Å². The maximum Gasteiger partial charge on any atom is 0.253 e. The summed E-state index contributed by atoms with van der Waals surface area (Å²) in [5.41, 5.74) is 1.63.